The zero-order valence-corrected chi connectivity index (χ0v) is 10.6. The molecular weight excluding hydrogens is 217 g/mol. The van der Waals surface area contributed by atoms with Gasteiger partial charge >= 0.3 is 0 Å². The van der Waals surface area contributed by atoms with Gasteiger partial charge in [0.2, 0.25) is 0 Å². The average molecular weight is 235 g/mol. The zero-order chi connectivity index (χ0) is 12.7. The average Bonchev–Trinajstić information content (AvgIpc) is 2.69. The highest BCUT2D eigenvalue weighted by Gasteiger charge is 2.29. The van der Waals surface area contributed by atoms with Crippen LogP contribution in [0.4, 0.5) is 10.1 Å². The predicted octanol–water partition coefficient (Wildman–Crippen LogP) is 3.04. The highest BCUT2D eigenvalue weighted by atomic mass is 19.1. The lowest BCUT2D eigenvalue weighted by atomic mass is 9.94. The van der Waals surface area contributed by atoms with E-state index < -0.39 is 5.82 Å². The summed E-state index contributed by atoms with van der Waals surface area (Å²) in [5.74, 6) is -0.0249. The number of Topliss-reactive ketones (excluding diaryl/α,β-unsaturated/α-hetero) is 1. The number of nitrogens with two attached hydrogens (primary N) is 1. The Balaban J connectivity index is 2.68. The summed E-state index contributed by atoms with van der Waals surface area (Å²) in [5, 5.41) is 0. The standard InChI is InChI=1S/C14H18FNO/c1-4-9-5-10-7(2)13(15)14(16)12(8(3)17)11(10)6-9/h9H,4-6,16H2,1-3H3. The molecule has 2 nitrogen and oxygen atoms in total. The fraction of sp³-hybridized carbons (Fsp3) is 0.500. The topological polar surface area (TPSA) is 43.1 Å². The number of anilines is 1. The van der Waals surface area contributed by atoms with Gasteiger partial charge in [-0.2, -0.15) is 0 Å². The third kappa shape index (κ3) is 1.74. The van der Waals surface area contributed by atoms with E-state index in [-0.39, 0.29) is 11.5 Å². The van der Waals surface area contributed by atoms with Crippen molar-refractivity contribution in [3.8, 4) is 0 Å². The van der Waals surface area contributed by atoms with E-state index in [4.69, 9.17) is 5.73 Å². The van der Waals surface area contributed by atoms with Crippen LogP contribution in [0.5, 0.6) is 0 Å². The molecule has 1 aromatic carbocycles. The van der Waals surface area contributed by atoms with Crippen molar-refractivity contribution in [2.45, 2.75) is 40.0 Å². The molecule has 1 aliphatic carbocycles. The van der Waals surface area contributed by atoms with Gasteiger partial charge in [-0.15, -0.1) is 0 Å². The third-order valence-corrected chi connectivity index (χ3v) is 3.87. The fourth-order valence-electron chi connectivity index (χ4n) is 2.83. The lowest BCUT2D eigenvalue weighted by Crippen LogP contribution is -2.09. The Labute approximate surface area is 101 Å². The van der Waals surface area contributed by atoms with E-state index in [1.807, 2.05) is 0 Å². The molecule has 0 radical (unpaired) electrons. The molecule has 1 aromatic rings. The number of hydrogen-bond acceptors (Lipinski definition) is 2. The van der Waals surface area contributed by atoms with E-state index in [9.17, 15) is 9.18 Å². The quantitative estimate of drug-likeness (QED) is 0.632. The van der Waals surface area contributed by atoms with Crippen molar-refractivity contribution in [1.82, 2.24) is 0 Å². The van der Waals surface area contributed by atoms with Crippen molar-refractivity contribution in [3.63, 3.8) is 0 Å². The molecule has 2 rings (SSSR count). The molecule has 2 N–H and O–H groups in total. The molecule has 3 heteroatoms. The summed E-state index contributed by atoms with van der Waals surface area (Å²) in [6.45, 7) is 5.34. The predicted molar refractivity (Wildman–Crippen MR) is 66.7 cm³/mol. The second kappa shape index (κ2) is 4.13. The SMILES string of the molecule is CCC1Cc2c(C)c(F)c(N)c(C(C)=O)c2C1. The maximum Gasteiger partial charge on any atom is 0.162 e. The number of ketones is 1. The molecule has 0 amide bonds. The Hall–Kier alpha value is -1.38. The first-order valence-electron chi connectivity index (χ1n) is 6.07. The lowest BCUT2D eigenvalue weighted by molar-refractivity contribution is 0.101. The van der Waals surface area contributed by atoms with Crippen molar-refractivity contribution in [1.29, 1.82) is 0 Å². The van der Waals surface area contributed by atoms with Gasteiger partial charge in [0.05, 0.1) is 5.69 Å². The second-order valence-electron chi connectivity index (χ2n) is 4.92. The Morgan fingerprint density at radius 1 is 1.41 bits per heavy atom. The minimum atomic E-state index is -0.411. The largest absolute Gasteiger partial charge is 0.396 e. The monoisotopic (exact) mass is 235 g/mol. The highest BCUT2D eigenvalue weighted by molar-refractivity contribution is 6.01. The molecule has 0 heterocycles. The van der Waals surface area contributed by atoms with Crippen LogP contribution in [-0.2, 0) is 12.8 Å². The van der Waals surface area contributed by atoms with Crippen molar-refractivity contribution in [2.24, 2.45) is 5.92 Å². The van der Waals surface area contributed by atoms with Crippen molar-refractivity contribution in [3.05, 3.63) is 28.1 Å². The summed E-state index contributed by atoms with van der Waals surface area (Å²) in [7, 11) is 0. The number of carbonyl (C=O) groups is 1. The number of carbonyl (C=O) groups excluding carboxylic acids is 1. The maximum atomic E-state index is 14.0. The maximum absolute atomic E-state index is 14.0. The molecule has 0 bridgehead atoms. The first-order valence-corrected chi connectivity index (χ1v) is 6.07. The molecule has 0 aromatic heterocycles. The number of benzene rings is 1. The van der Waals surface area contributed by atoms with Gasteiger partial charge in [-0.3, -0.25) is 4.79 Å². The highest BCUT2D eigenvalue weighted by Crippen LogP contribution is 2.38. The minimum absolute atomic E-state index is 0.0329. The number of nitrogen functional groups attached to an aromatic ring is 1. The van der Waals surface area contributed by atoms with Gasteiger partial charge in [0.25, 0.3) is 0 Å². The van der Waals surface area contributed by atoms with E-state index in [0.29, 0.717) is 17.0 Å². The Kier molecular flexibility index (Phi) is 2.94. The van der Waals surface area contributed by atoms with Gasteiger partial charge in [-0.05, 0) is 49.3 Å². The van der Waals surface area contributed by atoms with Crippen LogP contribution < -0.4 is 5.73 Å². The number of halogens is 1. The number of fused-ring (bicyclic) bond motifs is 1. The van der Waals surface area contributed by atoms with Gasteiger partial charge in [0, 0.05) is 5.56 Å². The van der Waals surface area contributed by atoms with Crippen LogP contribution in [0.1, 0.15) is 47.3 Å². The number of hydrogen-bond donors (Lipinski definition) is 1. The molecule has 1 unspecified atom stereocenters. The molecule has 0 saturated heterocycles. The van der Waals surface area contributed by atoms with E-state index in [1.165, 1.54) is 6.92 Å². The van der Waals surface area contributed by atoms with Crippen LogP contribution in [0, 0.1) is 18.7 Å². The fourth-order valence-corrected chi connectivity index (χ4v) is 2.83. The van der Waals surface area contributed by atoms with Crippen LogP contribution in [0.15, 0.2) is 0 Å². The van der Waals surface area contributed by atoms with Crippen molar-refractivity contribution < 1.29 is 9.18 Å². The molecule has 1 atom stereocenters. The third-order valence-electron chi connectivity index (χ3n) is 3.87. The molecular formula is C14H18FNO. The van der Waals surface area contributed by atoms with Gasteiger partial charge in [0.15, 0.2) is 5.78 Å². The van der Waals surface area contributed by atoms with Crippen LogP contribution in [0.2, 0.25) is 0 Å². The lowest BCUT2D eigenvalue weighted by Gasteiger charge is -2.13. The molecule has 17 heavy (non-hydrogen) atoms. The molecule has 1 aliphatic rings. The van der Waals surface area contributed by atoms with Crippen LogP contribution in [0.3, 0.4) is 0 Å². The van der Waals surface area contributed by atoms with Gasteiger partial charge in [-0.1, -0.05) is 13.3 Å². The van der Waals surface area contributed by atoms with Crippen LogP contribution >= 0.6 is 0 Å². The normalized spacial score (nSPS) is 18.2. The van der Waals surface area contributed by atoms with Crippen molar-refractivity contribution >= 4 is 11.5 Å². The minimum Gasteiger partial charge on any atom is -0.396 e. The summed E-state index contributed by atoms with van der Waals surface area (Å²) in [6.07, 6.45) is 2.77. The van der Waals surface area contributed by atoms with Crippen LogP contribution in [-0.4, -0.2) is 5.78 Å². The van der Waals surface area contributed by atoms with E-state index in [0.717, 1.165) is 30.4 Å². The summed E-state index contributed by atoms with van der Waals surface area (Å²) >= 11 is 0. The van der Waals surface area contributed by atoms with Gasteiger partial charge in [-0.25, -0.2) is 4.39 Å². The molecule has 0 saturated carbocycles. The van der Waals surface area contributed by atoms with E-state index in [1.54, 1.807) is 6.92 Å². The summed E-state index contributed by atoms with van der Waals surface area (Å²) in [6, 6.07) is 0. The Morgan fingerprint density at radius 2 is 2.00 bits per heavy atom. The van der Waals surface area contributed by atoms with E-state index >= 15 is 0 Å². The zero-order valence-electron chi connectivity index (χ0n) is 10.6. The van der Waals surface area contributed by atoms with Gasteiger partial charge < -0.3 is 5.73 Å². The summed E-state index contributed by atoms with van der Waals surface area (Å²) in [5.41, 5.74) is 8.82. The van der Waals surface area contributed by atoms with Crippen molar-refractivity contribution in [2.75, 3.05) is 5.73 Å². The first-order chi connectivity index (χ1) is 7.97. The summed E-state index contributed by atoms with van der Waals surface area (Å²) < 4.78 is 14.0. The summed E-state index contributed by atoms with van der Waals surface area (Å²) in [4.78, 5) is 11.6. The van der Waals surface area contributed by atoms with Gasteiger partial charge in [0.1, 0.15) is 5.82 Å². The van der Waals surface area contributed by atoms with Crippen LogP contribution in [0.25, 0.3) is 0 Å². The second-order valence-corrected chi connectivity index (χ2v) is 4.92. The number of rotatable bonds is 2. The smallest absolute Gasteiger partial charge is 0.162 e. The molecule has 0 fully saturated rings. The molecule has 0 aliphatic heterocycles. The first kappa shape index (κ1) is 12.1. The molecule has 0 spiro atoms. The molecule has 92 valence electrons. The Bertz CT molecular complexity index is 494. The Morgan fingerprint density at radius 3 is 2.53 bits per heavy atom. The van der Waals surface area contributed by atoms with E-state index in [2.05, 4.69) is 6.92 Å².